The molecule has 0 saturated carbocycles. The van der Waals surface area contributed by atoms with Crippen molar-refractivity contribution in [3.05, 3.63) is 78.0 Å². The smallest absolute Gasteiger partial charge is 0.317 e. The van der Waals surface area contributed by atoms with Crippen LogP contribution >= 0.6 is 0 Å². The first kappa shape index (κ1) is 18.5. The lowest BCUT2D eigenvalue weighted by Gasteiger charge is -2.35. The van der Waals surface area contributed by atoms with Crippen LogP contribution in [0.15, 0.2) is 66.9 Å². The normalized spacial score (nSPS) is 14.4. The van der Waals surface area contributed by atoms with Gasteiger partial charge in [0.05, 0.1) is 16.6 Å². The third-order valence-corrected chi connectivity index (χ3v) is 5.78. The number of carbonyl (C=O) groups excluding carboxylic acids is 1. The Hall–Kier alpha value is -3.54. The summed E-state index contributed by atoms with van der Waals surface area (Å²) in [6.45, 7) is 5.51. The fourth-order valence-electron chi connectivity index (χ4n) is 4.06. The maximum atomic E-state index is 12.6. The lowest BCUT2D eigenvalue weighted by atomic mass is 10.1. The summed E-state index contributed by atoms with van der Waals surface area (Å²) in [7, 11) is 0. The molecule has 152 valence electrons. The minimum absolute atomic E-state index is 0.00507. The second-order valence-electron chi connectivity index (χ2n) is 7.81. The quantitative estimate of drug-likeness (QED) is 0.570. The van der Waals surface area contributed by atoms with Gasteiger partial charge in [0.1, 0.15) is 0 Å². The van der Waals surface area contributed by atoms with Crippen LogP contribution in [0.4, 0.5) is 10.6 Å². The molecule has 4 aromatic rings. The van der Waals surface area contributed by atoms with E-state index >= 15 is 0 Å². The number of hydrogen-bond donors (Lipinski definition) is 1. The standard InChI is InChI=1S/C24H25N5O/c1-18-8-10-19(11-9-18)17-25-24(30)28-15-13-27(14-16-28)23-22-7-4-12-29(22)21-6-3-2-5-20(21)26-23/h2-12H,13-17H2,1H3,(H,25,30). The van der Waals surface area contributed by atoms with Gasteiger partial charge in [-0.25, -0.2) is 9.78 Å². The zero-order valence-corrected chi connectivity index (χ0v) is 17.1. The molecule has 2 aromatic heterocycles. The summed E-state index contributed by atoms with van der Waals surface area (Å²) >= 11 is 0. The second-order valence-corrected chi connectivity index (χ2v) is 7.81. The first-order chi connectivity index (χ1) is 14.7. The second kappa shape index (κ2) is 7.71. The van der Waals surface area contributed by atoms with E-state index in [4.69, 9.17) is 4.98 Å². The lowest BCUT2D eigenvalue weighted by Crippen LogP contribution is -2.52. The number of para-hydroxylation sites is 2. The molecular formula is C24H25N5O. The molecular weight excluding hydrogens is 374 g/mol. The Morgan fingerprint density at radius 1 is 0.933 bits per heavy atom. The molecule has 1 saturated heterocycles. The van der Waals surface area contributed by atoms with Crippen LogP contribution in [-0.2, 0) is 6.54 Å². The van der Waals surface area contributed by atoms with E-state index in [-0.39, 0.29) is 6.03 Å². The summed E-state index contributed by atoms with van der Waals surface area (Å²) in [5.41, 5.74) is 5.53. The number of rotatable bonds is 3. The first-order valence-corrected chi connectivity index (χ1v) is 10.4. The molecule has 0 radical (unpaired) electrons. The number of amides is 2. The average molecular weight is 399 g/mol. The van der Waals surface area contributed by atoms with Gasteiger partial charge in [-0.3, -0.25) is 0 Å². The highest BCUT2D eigenvalue weighted by Gasteiger charge is 2.23. The molecule has 1 fully saturated rings. The topological polar surface area (TPSA) is 52.9 Å². The monoisotopic (exact) mass is 399 g/mol. The van der Waals surface area contributed by atoms with Crippen LogP contribution < -0.4 is 10.2 Å². The van der Waals surface area contributed by atoms with Crippen molar-refractivity contribution >= 4 is 28.4 Å². The molecule has 0 atom stereocenters. The van der Waals surface area contributed by atoms with E-state index in [0.717, 1.165) is 41.0 Å². The van der Waals surface area contributed by atoms with Crippen LogP contribution in [0.2, 0.25) is 0 Å². The maximum Gasteiger partial charge on any atom is 0.317 e. The first-order valence-electron chi connectivity index (χ1n) is 10.4. The third-order valence-electron chi connectivity index (χ3n) is 5.78. The van der Waals surface area contributed by atoms with E-state index in [1.165, 1.54) is 5.56 Å². The number of anilines is 1. The Bertz CT molecular complexity index is 1190. The minimum Gasteiger partial charge on any atom is -0.351 e. The molecule has 0 unspecified atom stereocenters. The molecule has 1 N–H and O–H groups in total. The van der Waals surface area contributed by atoms with Crippen LogP contribution in [-0.4, -0.2) is 46.5 Å². The molecule has 5 rings (SSSR count). The lowest BCUT2D eigenvalue weighted by molar-refractivity contribution is 0.194. The van der Waals surface area contributed by atoms with Crippen molar-refractivity contribution in [3.8, 4) is 0 Å². The average Bonchev–Trinajstić information content (AvgIpc) is 3.28. The molecule has 6 nitrogen and oxygen atoms in total. The van der Waals surface area contributed by atoms with Crippen molar-refractivity contribution in [2.45, 2.75) is 13.5 Å². The molecule has 3 heterocycles. The van der Waals surface area contributed by atoms with E-state index in [1.807, 2.05) is 23.1 Å². The summed E-state index contributed by atoms with van der Waals surface area (Å²) in [4.78, 5) is 21.7. The van der Waals surface area contributed by atoms with Crippen molar-refractivity contribution < 1.29 is 4.79 Å². The van der Waals surface area contributed by atoms with Gasteiger partial charge in [0.15, 0.2) is 5.82 Å². The van der Waals surface area contributed by atoms with Crippen LogP contribution in [0.5, 0.6) is 0 Å². The highest BCUT2D eigenvalue weighted by molar-refractivity contribution is 5.85. The van der Waals surface area contributed by atoms with Crippen molar-refractivity contribution in [2.24, 2.45) is 0 Å². The zero-order chi connectivity index (χ0) is 20.5. The number of carbonyl (C=O) groups is 1. The highest BCUT2D eigenvalue weighted by atomic mass is 16.2. The van der Waals surface area contributed by atoms with E-state index in [2.05, 4.69) is 70.2 Å². The highest BCUT2D eigenvalue weighted by Crippen LogP contribution is 2.26. The van der Waals surface area contributed by atoms with Gasteiger partial charge in [0.25, 0.3) is 0 Å². The predicted molar refractivity (Wildman–Crippen MR) is 120 cm³/mol. The molecule has 0 spiro atoms. The number of benzene rings is 2. The van der Waals surface area contributed by atoms with Gasteiger partial charge in [0.2, 0.25) is 0 Å². The summed E-state index contributed by atoms with van der Waals surface area (Å²) < 4.78 is 2.19. The molecule has 6 heteroatoms. The summed E-state index contributed by atoms with van der Waals surface area (Å²) in [5.74, 6) is 0.985. The van der Waals surface area contributed by atoms with E-state index in [1.54, 1.807) is 0 Å². The van der Waals surface area contributed by atoms with E-state index in [0.29, 0.717) is 19.6 Å². The summed E-state index contributed by atoms with van der Waals surface area (Å²) in [6.07, 6.45) is 2.08. The van der Waals surface area contributed by atoms with Crippen LogP contribution in [0.3, 0.4) is 0 Å². The van der Waals surface area contributed by atoms with Gasteiger partial charge in [-0.05, 0) is 36.8 Å². The molecule has 2 amide bonds. The van der Waals surface area contributed by atoms with Gasteiger partial charge in [0, 0.05) is 38.9 Å². The van der Waals surface area contributed by atoms with Crippen LogP contribution in [0, 0.1) is 6.92 Å². The fourth-order valence-corrected chi connectivity index (χ4v) is 4.06. The number of nitrogens with one attached hydrogen (secondary N) is 1. The van der Waals surface area contributed by atoms with Crippen LogP contribution in [0.1, 0.15) is 11.1 Å². The van der Waals surface area contributed by atoms with E-state index < -0.39 is 0 Å². The number of urea groups is 1. The van der Waals surface area contributed by atoms with E-state index in [9.17, 15) is 4.79 Å². The number of hydrogen-bond acceptors (Lipinski definition) is 3. The van der Waals surface area contributed by atoms with Crippen LogP contribution in [0.25, 0.3) is 16.6 Å². The van der Waals surface area contributed by atoms with Gasteiger partial charge >= 0.3 is 6.03 Å². The number of fused-ring (bicyclic) bond motifs is 3. The molecule has 1 aliphatic heterocycles. The Kier molecular flexibility index (Phi) is 4.75. The Labute approximate surface area is 175 Å². The van der Waals surface area contributed by atoms with Gasteiger partial charge in [-0.15, -0.1) is 0 Å². The molecule has 30 heavy (non-hydrogen) atoms. The summed E-state index contributed by atoms with van der Waals surface area (Å²) in [5, 5.41) is 3.04. The Balaban J connectivity index is 1.27. The zero-order valence-electron chi connectivity index (χ0n) is 17.1. The number of nitrogens with zero attached hydrogens (tertiary/aromatic N) is 4. The van der Waals surface area contributed by atoms with Crippen molar-refractivity contribution in [3.63, 3.8) is 0 Å². The number of piperazine rings is 1. The number of aryl methyl sites for hydroxylation is 1. The van der Waals surface area contributed by atoms with Gasteiger partial charge < -0.3 is 19.5 Å². The maximum absolute atomic E-state index is 12.6. The number of aromatic nitrogens is 2. The molecule has 0 aliphatic carbocycles. The Morgan fingerprint density at radius 2 is 1.67 bits per heavy atom. The summed E-state index contributed by atoms with van der Waals surface area (Å²) in [6, 6.07) is 20.6. The van der Waals surface area contributed by atoms with Gasteiger partial charge in [-0.2, -0.15) is 0 Å². The van der Waals surface area contributed by atoms with Crippen molar-refractivity contribution in [1.29, 1.82) is 0 Å². The minimum atomic E-state index is -0.00507. The molecule has 2 aromatic carbocycles. The third kappa shape index (κ3) is 3.45. The SMILES string of the molecule is Cc1ccc(CNC(=O)N2CCN(c3nc4ccccc4n4cccc34)CC2)cc1. The van der Waals surface area contributed by atoms with Crippen molar-refractivity contribution in [2.75, 3.05) is 31.1 Å². The fraction of sp³-hybridized carbons (Fsp3) is 0.250. The Morgan fingerprint density at radius 3 is 2.47 bits per heavy atom. The molecule has 1 aliphatic rings. The molecule has 0 bridgehead atoms. The van der Waals surface area contributed by atoms with Gasteiger partial charge in [-0.1, -0.05) is 42.0 Å². The largest absolute Gasteiger partial charge is 0.351 e. The predicted octanol–water partition coefficient (Wildman–Crippen LogP) is 3.83. The van der Waals surface area contributed by atoms with Crippen molar-refractivity contribution in [1.82, 2.24) is 19.6 Å².